The average Bonchev–Trinajstić information content (AvgIpc) is 2.28. The van der Waals surface area contributed by atoms with Crippen LogP contribution in [0.2, 0.25) is 0 Å². The van der Waals surface area contributed by atoms with Crippen LogP contribution in [-0.2, 0) is 10.2 Å². The highest BCUT2D eigenvalue weighted by molar-refractivity contribution is 7.87. The van der Waals surface area contributed by atoms with Gasteiger partial charge in [-0.15, -0.1) is 0 Å². The topological polar surface area (TPSA) is 49.4 Å². The Hall–Kier alpha value is -0.130. The van der Waals surface area contributed by atoms with Gasteiger partial charge in [-0.25, -0.2) is 4.72 Å². The van der Waals surface area contributed by atoms with Gasteiger partial charge < -0.3 is 0 Å². The van der Waals surface area contributed by atoms with E-state index in [2.05, 4.69) is 32.4 Å². The first-order chi connectivity index (χ1) is 8.75. The highest BCUT2D eigenvalue weighted by atomic mass is 32.2. The van der Waals surface area contributed by atoms with Crippen molar-refractivity contribution >= 4 is 10.2 Å². The van der Waals surface area contributed by atoms with E-state index in [1.807, 2.05) is 6.92 Å². The predicted molar refractivity (Wildman–Crippen MR) is 80.1 cm³/mol. The molecule has 0 saturated carbocycles. The smallest absolute Gasteiger partial charge is 0.202 e. The molecule has 0 aromatic rings. The summed E-state index contributed by atoms with van der Waals surface area (Å²) in [6.45, 7) is 11.8. The maximum Gasteiger partial charge on any atom is 0.279 e. The number of nitrogens with zero attached hydrogens (tertiary/aromatic N) is 1. The number of rotatable bonds is 6. The van der Waals surface area contributed by atoms with Crippen LogP contribution in [0.3, 0.4) is 0 Å². The molecular formula is C14H30N2O2S. The zero-order valence-electron chi connectivity index (χ0n) is 13.0. The van der Waals surface area contributed by atoms with Crippen LogP contribution < -0.4 is 4.72 Å². The van der Waals surface area contributed by atoms with Gasteiger partial charge in [0.2, 0.25) is 0 Å². The van der Waals surface area contributed by atoms with E-state index in [0.29, 0.717) is 30.8 Å². The van der Waals surface area contributed by atoms with Gasteiger partial charge in [-0.05, 0) is 37.5 Å². The van der Waals surface area contributed by atoms with Crippen molar-refractivity contribution in [2.45, 2.75) is 59.9 Å². The molecule has 1 aliphatic rings. The summed E-state index contributed by atoms with van der Waals surface area (Å²) in [7, 11) is -3.31. The molecular weight excluding hydrogens is 260 g/mol. The lowest BCUT2D eigenvalue weighted by atomic mass is 9.86. The normalized spacial score (nSPS) is 22.6. The van der Waals surface area contributed by atoms with E-state index in [9.17, 15) is 8.42 Å². The fourth-order valence-corrected chi connectivity index (χ4v) is 4.47. The summed E-state index contributed by atoms with van der Waals surface area (Å²) >= 11 is 0. The Balaban J connectivity index is 2.63. The van der Waals surface area contributed by atoms with Crippen LogP contribution >= 0.6 is 0 Å². The predicted octanol–water partition coefficient (Wildman–Crippen LogP) is 2.62. The second-order valence-corrected chi connectivity index (χ2v) is 8.17. The molecule has 0 amide bonds. The molecule has 1 fully saturated rings. The third kappa shape index (κ3) is 4.72. The van der Waals surface area contributed by atoms with Gasteiger partial charge in [0.15, 0.2) is 0 Å². The van der Waals surface area contributed by atoms with Gasteiger partial charge in [-0.1, -0.05) is 34.1 Å². The lowest BCUT2D eigenvalue weighted by Crippen LogP contribution is -2.49. The molecule has 0 bridgehead atoms. The first kappa shape index (κ1) is 16.9. The van der Waals surface area contributed by atoms with Crippen molar-refractivity contribution in [3.63, 3.8) is 0 Å². The minimum Gasteiger partial charge on any atom is -0.202 e. The maximum absolute atomic E-state index is 12.4. The first-order valence-corrected chi connectivity index (χ1v) is 8.96. The van der Waals surface area contributed by atoms with E-state index in [1.165, 1.54) is 0 Å². The zero-order chi connectivity index (χ0) is 14.6. The summed E-state index contributed by atoms with van der Waals surface area (Å²) in [4.78, 5) is 0. The third-order valence-electron chi connectivity index (χ3n) is 4.26. The van der Waals surface area contributed by atoms with Crippen LogP contribution in [0.1, 0.15) is 53.9 Å². The van der Waals surface area contributed by atoms with E-state index in [1.54, 1.807) is 4.31 Å². The SMILES string of the molecule is CC(C)C(CNS(=O)(=O)N1CCCCC1C)C(C)C. The van der Waals surface area contributed by atoms with Gasteiger partial charge in [-0.2, -0.15) is 12.7 Å². The Morgan fingerprint density at radius 2 is 1.74 bits per heavy atom. The minimum absolute atomic E-state index is 0.128. The maximum atomic E-state index is 12.4. The summed E-state index contributed by atoms with van der Waals surface area (Å²) < 4.78 is 29.2. The van der Waals surface area contributed by atoms with Gasteiger partial charge in [-0.3, -0.25) is 0 Å². The van der Waals surface area contributed by atoms with Crippen LogP contribution in [0.15, 0.2) is 0 Å². The Bertz CT molecular complexity index is 358. The quantitative estimate of drug-likeness (QED) is 0.817. The summed E-state index contributed by atoms with van der Waals surface area (Å²) in [5.41, 5.74) is 0. The van der Waals surface area contributed by atoms with Crippen molar-refractivity contribution in [3.05, 3.63) is 0 Å². The number of nitrogens with one attached hydrogen (secondary N) is 1. The molecule has 0 aromatic carbocycles. The van der Waals surface area contributed by atoms with Crippen molar-refractivity contribution in [2.24, 2.45) is 17.8 Å². The van der Waals surface area contributed by atoms with Crippen molar-refractivity contribution in [1.82, 2.24) is 9.03 Å². The molecule has 1 heterocycles. The van der Waals surface area contributed by atoms with Crippen LogP contribution in [0.4, 0.5) is 0 Å². The molecule has 0 aromatic heterocycles. The molecule has 5 heteroatoms. The summed E-state index contributed by atoms with van der Waals surface area (Å²) in [5, 5.41) is 0. The standard InChI is InChI=1S/C14H30N2O2S/c1-11(2)14(12(3)4)10-15-19(17,18)16-9-7-6-8-13(16)5/h11-15H,6-10H2,1-5H3. The molecule has 0 radical (unpaired) electrons. The Kier molecular flexibility index (Phi) is 6.27. The first-order valence-electron chi connectivity index (χ1n) is 7.52. The fraction of sp³-hybridized carbons (Fsp3) is 1.00. The van der Waals surface area contributed by atoms with E-state index in [0.717, 1.165) is 19.3 Å². The van der Waals surface area contributed by atoms with Gasteiger partial charge >= 0.3 is 0 Å². The van der Waals surface area contributed by atoms with Crippen molar-refractivity contribution in [1.29, 1.82) is 0 Å². The van der Waals surface area contributed by atoms with E-state index >= 15 is 0 Å². The largest absolute Gasteiger partial charge is 0.279 e. The second kappa shape index (κ2) is 7.04. The number of hydrogen-bond acceptors (Lipinski definition) is 2. The molecule has 114 valence electrons. The highest BCUT2D eigenvalue weighted by Gasteiger charge is 2.30. The molecule has 1 unspecified atom stereocenters. The molecule has 0 spiro atoms. The highest BCUT2D eigenvalue weighted by Crippen LogP contribution is 2.22. The third-order valence-corrected chi connectivity index (χ3v) is 5.96. The Morgan fingerprint density at radius 3 is 2.21 bits per heavy atom. The van der Waals surface area contributed by atoms with Crippen LogP contribution in [0.5, 0.6) is 0 Å². The van der Waals surface area contributed by atoms with Crippen LogP contribution in [0, 0.1) is 17.8 Å². The van der Waals surface area contributed by atoms with Gasteiger partial charge in [0.05, 0.1) is 0 Å². The molecule has 4 nitrogen and oxygen atoms in total. The fourth-order valence-electron chi connectivity index (χ4n) is 2.95. The van der Waals surface area contributed by atoms with Gasteiger partial charge in [0.1, 0.15) is 0 Å². The molecule has 1 aliphatic heterocycles. The van der Waals surface area contributed by atoms with E-state index < -0.39 is 10.2 Å². The monoisotopic (exact) mass is 290 g/mol. The summed E-state index contributed by atoms with van der Waals surface area (Å²) in [6, 6.07) is 0.128. The van der Waals surface area contributed by atoms with Crippen LogP contribution in [0.25, 0.3) is 0 Å². The molecule has 0 aliphatic carbocycles. The molecule has 1 saturated heterocycles. The molecule has 1 rings (SSSR count). The molecule has 1 N–H and O–H groups in total. The van der Waals surface area contributed by atoms with Crippen molar-refractivity contribution in [2.75, 3.05) is 13.1 Å². The zero-order valence-corrected chi connectivity index (χ0v) is 13.8. The van der Waals surface area contributed by atoms with E-state index in [4.69, 9.17) is 0 Å². The second-order valence-electron chi connectivity index (χ2n) is 6.46. The lowest BCUT2D eigenvalue weighted by Gasteiger charge is -2.33. The van der Waals surface area contributed by atoms with Gasteiger partial charge in [0, 0.05) is 19.1 Å². The Labute approximate surface area is 119 Å². The number of hydrogen-bond donors (Lipinski definition) is 1. The minimum atomic E-state index is -3.31. The van der Waals surface area contributed by atoms with Crippen molar-refractivity contribution in [3.8, 4) is 0 Å². The van der Waals surface area contributed by atoms with Crippen LogP contribution in [-0.4, -0.2) is 31.9 Å². The molecule has 1 atom stereocenters. The summed E-state index contributed by atoms with van der Waals surface area (Å²) in [6.07, 6.45) is 3.08. The van der Waals surface area contributed by atoms with Crippen molar-refractivity contribution < 1.29 is 8.42 Å². The Morgan fingerprint density at radius 1 is 1.16 bits per heavy atom. The average molecular weight is 290 g/mol. The summed E-state index contributed by atoms with van der Waals surface area (Å²) in [5.74, 6) is 1.36. The van der Waals surface area contributed by atoms with E-state index in [-0.39, 0.29) is 6.04 Å². The number of piperidine rings is 1. The molecule has 19 heavy (non-hydrogen) atoms. The van der Waals surface area contributed by atoms with Gasteiger partial charge in [0.25, 0.3) is 10.2 Å². The lowest BCUT2D eigenvalue weighted by molar-refractivity contribution is 0.256.